The molecule has 4 nitrogen and oxygen atoms in total. The molecule has 0 saturated carbocycles. The summed E-state index contributed by atoms with van der Waals surface area (Å²) < 4.78 is 10.8. The van der Waals surface area contributed by atoms with Gasteiger partial charge in [0.15, 0.2) is 6.10 Å². The number of methoxy groups -OCH3 is 1. The molecule has 0 radical (unpaired) electrons. The number of benzene rings is 2. The van der Waals surface area contributed by atoms with Gasteiger partial charge < -0.3 is 14.8 Å². The maximum atomic E-state index is 12.3. The van der Waals surface area contributed by atoms with Crippen molar-refractivity contribution in [1.29, 1.82) is 0 Å². The Hall–Kier alpha value is -2.20. The van der Waals surface area contributed by atoms with Crippen LogP contribution in [0, 0.1) is 0 Å². The van der Waals surface area contributed by atoms with E-state index in [1.54, 1.807) is 43.5 Å². The largest absolute Gasteiger partial charge is 0.497 e. The number of hydrogen-bond acceptors (Lipinski definition) is 3. The van der Waals surface area contributed by atoms with Crippen molar-refractivity contribution in [2.24, 2.45) is 0 Å². The molecule has 1 N–H and O–H groups in total. The number of para-hydroxylation sites is 1. The third-order valence-corrected chi connectivity index (χ3v) is 3.44. The van der Waals surface area contributed by atoms with Crippen molar-refractivity contribution in [3.8, 4) is 11.5 Å². The van der Waals surface area contributed by atoms with Crippen molar-refractivity contribution in [1.82, 2.24) is 0 Å². The number of carbonyl (C=O) groups excluding carboxylic acids is 1. The zero-order valence-electron chi connectivity index (χ0n) is 12.5. The number of rotatable bonds is 6. The number of nitrogens with one attached hydrogen (secondary N) is 1. The normalized spacial score (nSPS) is 11.6. The number of halogens is 1. The minimum Gasteiger partial charge on any atom is -0.497 e. The predicted octanol–water partition coefficient (Wildman–Crippen LogP) is 4.14. The molecule has 0 bridgehead atoms. The van der Waals surface area contributed by atoms with E-state index in [-0.39, 0.29) is 5.91 Å². The van der Waals surface area contributed by atoms with Gasteiger partial charge in [-0.1, -0.05) is 30.7 Å². The highest BCUT2D eigenvalue weighted by atomic mass is 35.5. The molecule has 0 spiro atoms. The lowest BCUT2D eigenvalue weighted by atomic mass is 10.2. The van der Waals surface area contributed by atoms with Crippen molar-refractivity contribution in [3.05, 3.63) is 53.6 Å². The highest BCUT2D eigenvalue weighted by Crippen LogP contribution is 2.25. The maximum Gasteiger partial charge on any atom is 0.265 e. The summed E-state index contributed by atoms with van der Waals surface area (Å²) in [6, 6.07) is 14.2. The van der Waals surface area contributed by atoms with Crippen LogP contribution in [0.25, 0.3) is 0 Å². The van der Waals surface area contributed by atoms with Crippen LogP contribution in [-0.2, 0) is 4.79 Å². The second kappa shape index (κ2) is 7.71. The second-order valence-corrected chi connectivity index (χ2v) is 5.07. The molecular formula is C17H18ClNO3. The van der Waals surface area contributed by atoms with Crippen molar-refractivity contribution >= 4 is 23.2 Å². The Morgan fingerprint density at radius 2 is 1.86 bits per heavy atom. The Morgan fingerprint density at radius 1 is 1.18 bits per heavy atom. The fourth-order valence-corrected chi connectivity index (χ4v) is 2.09. The lowest BCUT2D eigenvalue weighted by Gasteiger charge is -2.18. The summed E-state index contributed by atoms with van der Waals surface area (Å²) in [4.78, 5) is 12.3. The number of ether oxygens (including phenoxy) is 2. The van der Waals surface area contributed by atoms with E-state index in [1.165, 1.54) is 0 Å². The molecule has 116 valence electrons. The number of carbonyl (C=O) groups is 1. The molecule has 0 aliphatic heterocycles. The molecular weight excluding hydrogens is 302 g/mol. The first-order chi connectivity index (χ1) is 10.6. The van der Waals surface area contributed by atoms with Crippen LogP contribution in [0.2, 0.25) is 5.02 Å². The van der Waals surface area contributed by atoms with E-state index in [2.05, 4.69) is 5.32 Å². The number of hydrogen-bond donors (Lipinski definition) is 1. The monoisotopic (exact) mass is 319 g/mol. The summed E-state index contributed by atoms with van der Waals surface area (Å²) in [5.41, 5.74) is 0.687. The van der Waals surface area contributed by atoms with Gasteiger partial charge in [0.2, 0.25) is 0 Å². The van der Waals surface area contributed by atoms with Gasteiger partial charge in [-0.2, -0.15) is 0 Å². The summed E-state index contributed by atoms with van der Waals surface area (Å²) in [6.45, 7) is 1.88. The minimum absolute atomic E-state index is 0.215. The highest BCUT2D eigenvalue weighted by molar-refractivity contribution is 6.32. The first-order valence-electron chi connectivity index (χ1n) is 7.00. The fourth-order valence-electron chi connectivity index (χ4n) is 1.91. The molecule has 0 fully saturated rings. The van der Waals surface area contributed by atoms with E-state index in [1.807, 2.05) is 19.1 Å². The summed E-state index contributed by atoms with van der Waals surface area (Å²) in [5, 5.41) is 3.31. The van der Waals surface area contributed by atoms with E-state index < -0.39 is 6.10 Å². The van der Waals surface area contributed by atoms with Crippen LogP contribution in [0.1, 0.15) is 13.3 Å². The molecule has 2 rings (SSSR count). The highest BCUT2D eigenvalue weighted by Gasteiger charge is 2.19. The Labute approximate surface area is 135 Å². The predicted molar refractivity (Wildman–Crippen MR) is 87.8 cm³/mol. The number of anilines is 1. The molecule has 1 unspecified atom stereocenters. The molecule has 2 aromatic rings. The van der Waals surface area contributed by atoms with Crippen LogP contribution in [0.4, 0.5) is 5.69 Å². The quantitative estimate of drug-likeness (QED) is 0.870. The van der Waals surface area contributed by atoms with Crippen LogP contribution < -0.4 is 14.8 Å². The lowest BCUT2D eigenvalue weighted by Crippen LogP contribution is -2.32. The molecule has 0 saturated heterocycles. The standard InChI is InChI=1S/C17H18ClNO3/c1-3-15(22-16-7-5-4-6-14(16)18)17(20)19-12-8-10-13(21-2)11-9-12/h4-11,15H,3H2,1-2H3,(H,19,20). The van der Waals surface area contributed by atoms with Crippen LogP contribution >= 0.6 is 11.6 Å². The van der Waals surface area contributed by atoms with E-state index in [9.17, 15) is 4.79 Å². The minimum atomic E-state index is -0.609. The van der Waals surface area contributed by atoms with Gasteiger partial charge in [0.05, 0.1) is 12.1 Å². The Kier molecular flexibility index (Phi) is 5.67. The summed E-state index contributed by atoms with van der Waals surface area (Å²) in [5.74, 6) is 1.02. The lowest BCUT2D eigenvalue weighted by molar-refractivity contribution is -0.122. The summed E-state index contributed by atoms with van der Waals surface area (Å²) in [6.07, 6.45) is -0.0743. The van der Waals surface area contributed by atoms with Crippen molar-refractivity contribution in [3.63, 3.8) is 0 Å². The van der Waals surface area contributed by atoms with Gasteiger partial charge in [-0.05, 0) is 42.8 Å². The SMILES string of the molecule is CCC(Oc1ccccc1Cl)C(=O)Nc1ccc(OC)cc1. The van der Waals surface area contributed by atoms with Gasteiger partial charge in [0, 0.05) is 5.69 Å². The summed E-state index contributed by atoms with van der Waals surface area (Å²) >= 11 is 6.05. The Morgan fingerprint density at radius 3 is 2.45 bits per heavy atom. The van der Waals surface area contributed by atoms with Crippen LogP contribution in [0.3, 0.4) is 0 Å². The van der Waals surface area contributed by atoms with E-state index in [4.69, 9.17) is 21.1 Å². The smallest absolute Gasteiger partial charge is 0.265 e. The van der Waals surface area contributed by atoms with Crippen LogP contribution in [0.5, 0.6) is 11.5 Å². The fraction of sp³-hybridized carbons (Fsp3) is 0.235. The molecule has 5 heteroatoms. The Bertz CT molecular complexity index is 628. The zero-order valence-corrected chi connectivity index (χ0v) is 13.3. The van der Waals surface area contributed by atoms with Crippen LogP contribution in [-0.4, -0.2) is 19.1 Å². The Balaban J connectivity index is 2.03. The molecule has 0 aliphatic carbocycles. The van der Waals surface area contributed by atoms with Gasteiger partial charge in [-0.3, -0.25) is 4.79 Å². The zero-order chi connectivity index (χ0) is 15.9. The molecule has 2 aromatic carbocycles. The van der Waals surface area contributed by atoms with Crippen molar-refractivity contribution in [2.75, 3.05) is 12.4 Å². The first-order valence-corrected chi connectivity index (χ1v) is 7.38. The molecule has 1 amide bonds. The third-order valence-electron chi connectivity index (χ3n) is 3.13. The molecule has 0 heterocycles. The molecule has 22 heavy (non-hydrogen) atoms. The second-order valence-electron chi connectivity index (χ2n) is 4.66. The third kappa shape index (κ3) is 4.15. The van der Waals surface area contributed by atoms with Gasteiger partial charge in [0.1, 0.15) is 11.5 Å². The van der Waals surface area contributed by atoms with E-state index in [0.29, 0.717) is 22.9 Å². The number of amides is 1. The van der Waals surface area contributed by atoms with Gasteiger partial charge in [0.25, 0.3) is 5.91 Å². The average Bonchev–Trinajstić information content (AvgIpc) is 2.54. The molecule has 0 aliphatic rings. The van der Waals surface area contributed by atoms with Crippen molar-refractivity contribution in [2.45, 2.75) is 19.4 Å². The van der Waals surface area contributed by atoms with Gasteiger partial charge in [-0.25, -0.2) is 0 Å². The summed E-state index contributed by atoms with van der Waals surface area (Å²) in [7, 11) is 1.60. The van der Waals surface area contributed by atoms with E-state index in [0.717, 1.165) is 5.75 Å². The average molecular weight is 320 g/mol. The molecule has 0 aromatic heterocycles. The first kappa shape index (κ1) is 16.2. The topological polar surface area (TPSA) is 47.6 Å². The molecule has 1 atom stereocenters. The van der Waals surface area contributed by atoms with Gasteiger partial charge >= 0.3 is 0 Å². The van der Waals surface area contributed by atoms with Crippen LogP contribution in [0.15, 0.2) is 48.5 Å². The maximum absolute atomic E-state index is 12.3. The van der Waals surface area contributed by atoms with Crippen molar-refractivity contribution < 1.29 is 14.3 Å². The van der Waals surface area contributed by atoms with Gasteiger partial charge in [-0.15, -0.1) is 0 Å². The van der Waals surface area contributed by atoms with E-state index >= 15 is 0 Å².